The maximum Gasteiger partial charge on any atom is 0.336 e. The molecule has 1 atom stereocenters. The van der Waals surface area contributed by atoms with E-state index in [-0.39, 0.29) is 37.3 Å². The minimum Gasteiger partial charge on any atom is -0.463 e. The number of esters is 1. The molecule has 202 valence electrons. The highest BCUT2D eigenvalue weighted by atomic mass is 35.5. The van der Waals surface area contributed by atoms with Crippen LogP contribution in [-0.2, 0) is 27.3 Å². The number of nitrogens with one attached hydrogen (secondary N) is 1. The van der Waals surface area contributed by atoms with Crippen molar-refractivity contribution >= 4 is 41.0 Å². The number of ether oxygens (including phenoxy) is 1. The van der Waals surface area contributed by atoms with E-state index in [2.05, 4.69) is 5.32 Å². The highest BCUT2D eigenvalue weighted by Crippen LogP contribution is 2.37. The third kappa shape index (κ3) is 6.88. The van der Waals surface area contributed by atoms with Crippen LogP contribution in [-0.4, -0.2) is 35.8 Å². The van der Waals surface area contributed by atoms with Crippen LogP contribution in [0.2, 0.25) is 10.0 Å². The zero-order valence-electron chi connectivity index (χ0n) is 21.9. The van der Waals surface area contributed by atoms with Crippen molar-refractivity contribution in [2.75, 3.05) is 13.2 Å². The Balaban J connectivity index is 1.45. The lowest BCUT2D eigenvalue weighted by atomic mass is 9.83. The van der Waals surface area contributed by atoms with E-state index in [0.29, 0.717) is 39.8 Å². The van der Waals surface area contributed by atoms with Crippen molar-refractivity contribution in [1.82, 2.24) is 10.2 Å². The Morgan fingerprint density at radius 3 is 2.41 bits per heavy atom. The predicted molar refractivity (Wildman–Crippen MR) is 153 cm³/mol. The molecule has 1 heterocycles. The number of amides is 2. The lowest BCUT2D eigenvalue weighted by Gasteiger charge is -2.34. The summed E-state index contributed by atoms with van der Waals surface area (Å²) in [7, 11) is 0. The number of hydrogen-bond donors (Lipinski definition) is 1. The minimum absolute atomic E-state index is 0.0721. The van der Waals surface area contributed by atoms with Gasteiger partial charge in [-0.25, -0.2) is 4.79 Å². The monoisotopic (exact) mass is 564 g/mol. The number of carbonyl (C=O) groups is 3. The second-order valence-corrected chi connectivity index (χ2v) is 10.1. The van der Waals surface area contributed by atoms with Crippen LogP contribution in [0.4, 0.5) is 0 Å². The maximum absolute atomic E-state index is 13.2. The van der Waals surface area contributed by atoms with Crippen LogP contribution >= 0.6 is 23.2 Å². The van der Waals surface area contributed by atoms with E-state index in [0.717, 1.165) is 16.7 Å². The summed E-state index contributed by atoms with van der Waals surface area (Å²) in [6.45, 7) is 4.51. The van der Waals surface area contributed by atoms with Crippen molar-refractivity contribution in [3.63, 3.8) is 0 Å². The highest BCUT2D eigenvalue weighted by molar-refractivity contribution is 6.35. The van der Waals surface area contributed by atoms with Crippen LogP contribution in [0.3, 0.4) is 0 Å². The average molecular weight is 565 g/mol. The molecular formula is C31H30Cl2N2O4. The van der Waals surface area contributed by atoms with Gasteiger partial charge in [0.25, 0.3) is 5.91 Å². The molecule has 0 bridgehead atoms. The lowest BCUT2D eigenvalue weighted by molar-refractivity contribution is -0.140. The fraction of sp³-hybridized carbons (Fsp3) is 0.258. The van der Waals surface area contributed by atoms with E-state index < -0.39 is 5.97 Å². The van der Waals surface area contributed by atoms with Crippen molar-refractivity contribution < 1.29 is 19.1 Å². The summed E-state index contributed by atoms with van der Waals surface area (Å²) in [5.41, 5.74) is 4.24. The van der Waals surface area contributed by atoms with Gasteiger partial charge in [-0.3, -0.25) is 9.59 Å². The first-order valence-corrected chi connectivity index (χ1v) is 13.6. The van der Waals surface area contributed by atoms with Gasteiger partial charge in [-0.05, 0) is 61.2 Å². The van der Waals surface area contributed by atoms with Gasteiger partial charge in [0, 0.05) is 40.2 Å². The number of allylic oxidation sites excluding steroid dienone is 1. The average Bonchev–Trinajstić information content (AvgIpc) is 2.92. The number of nitrogens with zero attached hydrogens (tertiary/aromatic N) is 1. The van der Waals surface area contributed by atoms with E-state index in [1.54, 1.807) is 43.0 Å². The molecule has 0 fully saturated rings. The SMILES string of the molecule is CCOC(=O)C1=C(C)N(Cc2ccc(C(=O)NCCc3ccc(Cl)cc3Cl)cc2)C(=O)CC1c1ccccc1. The standard InChI is InChI=1S/C31H30Cl2N2O4/c1-3-39-31(38)29-20(2)35(28(36)18-26(29)22-7-5-4-6-8-22)19-21-9-11-24(12-10-21)30(37)34-16-15-23-13-14-25(32)17-27(23)33/h4-14,17,26H,3,15-16,18-19H2,1-2H3,(H,34,37). The van der Waals surface area contributed by atoms with Gasteiger partial charge in [0.15, 0.2) is 0 Å². The smallest absolute Gasteiger partial charge is 0.336 e. The summed E-state index contributed by atoms with van der Waals surface area (Å²) >= 11 is 12.1. The lowest BCUT2D eigenvalue weighted by Crippen LogP contribution is -2.38. The Morgan fingerprint density at radius 2 is 1.74 bits per heavy atom. The highest BCUT2D eigenvalue weighted by Gasteiger charge is 2.36. The van der Waals surface area contributed by atoms with Crippen LogP contribution in [0, 0.1) is 0 Å². The molecule has 3 aromatic rings. The normalized spacial score (nSPS) is 15.3. The van der Waals surface area contributed by atoms with Crippen molar-refractivity contribution in [2.45, 2.75) is 39.2 Å². The molecule has 2 amide bonds. The maximum atomic E-state index is 13.2. The second kappa shape index (κ2) is 13.0. The Labute approximate surface area is 238 Å². The first-order valence-electron chi connectivity index (χ1n) is 12.8. The van der Waals surface area contributed by atoms with Gasteiger partial charge in [0.2, 0.25) is 5.91 Å². The van der Waals surface area contributed by atoms with Gasteiger partial charge in [-0.2, -0.15) is 0 Å². The predicted octanol–water partition coefficient (Wildman–Crippen LogP) is 6.32. The Kier molecular flexibility index (Phi) is 9.44. The van der Waals surface area contributed by atoms with Gasteiger partial charge in [0.05, 0.1) is 18.7 Å². The van der Waals surface area contributed by atoms with Crippen molar-refractivity contribution in [1.29, 1.82) is 0 Å². The van der Waals surface area contributed by atoms with E-state index in [9.17, 15) is 14.4 Å². The topological polar surface area (TPSA) is 75.7 Å². The largest absolute Gasteiger partial charge is 0.463 e. The third-order valence-corrected chi connectivity index (χ3v) is 7.36. The van der Waals surface area contributed by atoms with E-state index in [4.69, 9.17) is 27.9 Å². The fourth-order valence-corrected chi connectivity index (χ4v) is 5.23. The summed E-state index contributed by atoms with van der Waals surface area (Å²) in [4.78, 5) is 40.4. The van der Waals surface area contributed by atoms with Gasteiger partial charge in [-0.15, -0.1) is 0 Å². The van der Waals surface area contributed by atoms with Crippen molar-refractivity contribution in [3.8, 4) is 0 Å². The number of rotatable bonds is 9. The Morgan fingerprint density at radius 1 is 1.03 bits per heavy atom. The molecule has 6 nitrogen and oxygen atoms in total. The Bertz CT molecular complexity index is 1390. The molecule has 0 aliphatic carbocycles. The van der Waals surface area contributed by atoms with Gasteiger partial charge >= 0.3 is 5.97 Å². The molecule has 3 aromatic carbocycles. The molecule has 0 spiro atoms. The molecule has 1 unspecified atom stereocenters. The molecule has 39 heavy (non-hydrogen) atoms. The van der Waals surface area contributed by atoms with Crippen LogP contribution in [0.25, 0.3) is 0 Å². The summed E-state index contributed by atoms with van der Waals surface area (Å²) in [5, 5.41) is 4.04. The molecule has 0 aromatic heterocycles. The zero-order valence-corrected chi connectivity index (χ0v) is 23.4. The van der Waals surface area contributed by atoms with Gasteiger partial charge in [0.1, 0.15) is 0 Å². The molecule has 8 heteroatoms. The zero-order chi connectivity index (χ0) is 27.9. The molecule has 0 radical (unpaired) electrons. The molecule has 4 rings (SSSR count). The summed E-state index contributed by atoms with van der Waals surface area (Å²) < 4.78 is 5.36. The van der Waals surface area contributed by atoms with Crippen LogP contribution in [0.15, 0.2) is 84.1 Å². The van der Waals surface area contributed by atoms with E-state index in [1.165, 1.54) is 0 Å². The fourth-order valence-electron chi connectivity index (χ4n) is 4.73. The van der Waals surface area contributed by atoms with E-state index >= 15 is 0 Å². The molecule has 1 aliphatic rings. The quantitative estimate of drug-likeness (QED) is 0.308. The first kappa shape index (κ1) is 28.4. The number of hydrogen-bond acceptors (Lipinski definition) is 4. The Hall–Kier alpha value is -3.61. The summed E-state index contributed by atoms with van der Waals surface area (Å²) in [6, 6.07) is 21.9. The van der Waals surface area contributed by atoms with Crippen molar-refractivity contribution in [2.24, 2.45) is 0 Å². The second-order valence-electron chi connectivity index (χ2n) is 9.31. The van der Waals surface area contributed by atoms with Gasteiger partial charge in [-0.1, -0.05) is 71.7 Å². The van der Waals surface area contributed by atoms with Gasteiger partial charge < -0.3 is 15.0 Å². The molecular weight excluding hydrogens is 535 g/mol. The van der Waals surface area contributed by atoms with Crippen LogP contribution < -0.4 is 5.32 Å². The molecule has 0 saturated heterocycles. The summed E-state index contributed by atoms with van der Waals surface area (Å²) in [5.74, 6) is -1.04. The first-order chi connectivity index (χ1) is 18.8. The van der Waals surface area contributed by atoms with E-state index in [1.807, 2.05) is 48.5 Å². The van der Waals surface area contributed by atoms with Crippen LogP contribution in [0.1, 0.15) is 53.2 Å². The molecule has 1 N–H and O–H groups in total. The minimum atomic E-state index is -0.409. The number of carbonyl (C=O) groups excluding carboxylic acids is 3. The molecule has 1 aliphatic heterocycles. The number of halogens is 2. The van der Waals surface area contributed by atoms with Crippen molar-refractivity contribution in [3.05, 3.63) is 116 Å². The summed E-state index contributed by atoms with van der Waals surface area (Å²) in [6.07, 6.45) is 0.753. The molecule has 0 saturated carbocycles. The van der Waals surface area contributed by atoms with Crippen LogP contribution in [0.5, 0.6) is 0 Å². The third-order valence-electron chi connectivity index (χ3n) is 6.77. The number of benzene rings is 3.